The SMILES string of the molecule is CC(C)CCC(C)NC(=O)COc1ccc(C2SCCCS2)cc1. The van der Waals surface area contributed by atoms with Crippen LogP contribution in [-0.4, -0.2) is 30.1 Å². The first kappa shape index (κ1) is 19.5. The lowest BCUT2D eigenvalue weighted by molar-refractivity contribution is -0.123. The lowest BCUT2D eigenvalue weighted by atomic mass is 10.0. The monoisotopic (exact) mass is 367 g/mol. The van der Waals surface area contributed by atoms with Gasteiger partial charge in [-0.15, -0.1) is 23.5 Å². The van der Waals surface area contributed by atoms with Gasteiger partial charge in [0.1, 0.15) is 5.75 Å². The molecule has 134 valence electrons. The molecule has 0 aliphatic carbocycles. The van der Waals surface area contributed by atoms with Crippen LogP contribution in [0.15, 0.2) is 24.3 Å². The summed E-state index contributed by atoms with van der Waals surface area (Å²) < 4.78 is 6.15. The van der Waals surface area contributed by atoms with Crippen LogP contribution in [-0.2, 0) is 4.79 Å². The van der Waals surface area contributed by atoms with Gasteiger partial charge < -0.3 is 10.1 Å². The van der Waals surface area contributed by atoms with E-state index in [1.54, 1.807) is 0 Å². The van der Waals surface area contributed by atoms with Crippen molar-refractivity contribution in [2.45, 2.75) is 50.7 Å². The number of thioether (sulfide) groups is 2. The summed E-state index contributed by atoms with van der Waals surface area (Å²) >= 11 is 4.02. The van der Waals surface area contributed by atoms with Crippen LogP contribution in [0.2, 0.25) is 0 Å². The van der Waals surface area contributed by atoms with E-state index >= 15 is 0 Å². The summed E-state index contributed by atoms with van der Waals surface area (Å²) in [6.07, 6.45) is 3.44. The maximum Gasteiger partial charge on any atom is 0.258 e. The van der Waals surface area contributed by atoms with Gasteiger partial charge in [0.15, 0.2) is 6.61 Å². The first-order valence-corrected chi connectivity index (χ1v) is 10.9. The molecule has 1 saturated heterocycles. The summed E-state index contributed by atoms with van der Waals surface area (Å²) in [6, 6.07) is 8.38. The first-order chi connectivity index (χ1) is 11.5. The van der Waals surface area contributed by atoms with Crippen molar-refractivity contribution in [3.05, 3.63) is 29.8 Å². The molecule has 1 fully saturated rings. The summed E-state index contributed by atoms with van der Waals surface area (Å²) in [4.78, 5) is 11.9. The largest absolute Gasteiger partial charge is 0.484 e. The van der Waals surface area contributed by atoms with Crippen molar-refractivity contribution in [2.24, 2.45) is 5.92 Å². The van der Waals surface area contributed by atoms with E-state index < -0.39 is 0 Å². The van der Waals surface area contributed by atoms with Gasteiger partial charge >= 0.3 is 0 Å². The number of hydrogen-bond acceptors (Lipinski definition) is 4. The Labute approximate surface area is 154 Å². The summed E-state index contributed by atoms with van der Waals surface area (Å²) in [5.74, 6) is 3.86. The smallest absolute Gasteiger partial charge is 0.258 e. The quantitative estimate of drug-likeness (QED) is 0.711. The maximum atomic E-state index is 11.9. The molecule has 1 aliphatic heterocycles. The van der Waals surface area contributed by atoms with E-state index in [0.717, 1.165) is 18.6 Å². The standard InChI is InChI=1S/C19H29NO2S2/c1-14(2)5-6-15(3)20-18(21)13-22-17-9-7-16(8-10-17)19-23-11-4-12-24-19/h7-10,14-15,19H,4-6,11-13H2,1-3H3,(H,20,21). The molecule has 0 spiro atoms. The molecule has 1 amide bonds. The number of carbonyl (C=O) groups excluding carboxylic acids is 1. The molecule has 1 aromatic rings. The third-order valence-corrected chi connectivity index (χ3v) is 6.95. The second-order valence-electron chi connectivity index (χ2n) is 6.72. The molecule has 0 radical (unpaired) electrons. The lowest BCUT2D eigenvalue weighted by Crippen LogP contribution is -2.36. The molecule has 1 aromatic carbocycles. The fourth-order valence-corrected chi connectivity index (χ4v) is 5.42. The van der Waals surface area contributed by atoms with Gasteiger partial charge in [0.25, 0.3) is 5.91 Å². The second-order valence-corrected chi connectivity index (χ2v) is 9.45. The predicted molar refractivity (Wildman–Crippen MR) is 106 cm³/mol. The number of hydrogen-bond donors (Lipinski definition) is 1. The van der Waals surface area contributed by atoms with Crippen molar-refractivity contribution in [3.63, 3.8) is 0 Å². The van der Waals surface area contributed by atoms with E-state index in [1.165, 1.54) is 23.5 Å². The van der Waals surface area contributed by atoms with Crippen LogP contribution in [0.3, 0.4) is 0 Å². The van der Waals surface area contributed by atoms with Crippen molar-refractivity contribution in [2.75, 3.05) is 18.1 Å². The molecular weight excluding hydrogens is 338 g/mol. The number of benzene rings is 1. The highest BCUT2D eigenvalue weighted by atomic mass is 32.2. The zero-order valence-electron chi connectivity index (χ0n) is 14.9. The number of amides is 1. The fourth-order valence-electron chi connectivity index (χ4n) is 2.52. The summed E-state index contributed by atoms with van der Waals surface area (Å²) in [6.45, 7) is 6.53. The predicted octanol–water partition coefficient (Wildman–Crippen LogP) is 4.88. The van der Waals surface area contributed by atoms with Crippen molar-refractivity contribution in [1.82, 2.24) is 5.32 Å². The molecule has 5 heteroatoms. The molecule has 1 unspecified atom stereocenters. The Hall–Kier alpha value is -0.810. The molecule has 1 N–H and O–H groups in total. The van der Waals surface area contributed by atoms with Gasteiger partial charge in [-0.05, 0) is 61.3 Å². The van der Waals surface area contributed by atoms with Gasteiger partial charge in [-0.3, -0.25) is 4.79 Å². The van der Waals surface area contributed by atoms with Crippen LogP contribution in [0.1, 0.15) is 50.2 Å². The highest BCUT2D eigenvalue weighted by molar-refractivity contribution is 8.16. The molecule has 1 aliphatic rings. The lowest BCUT2D eigenvalue weighted by Gasteiger charge is -2.21. The molecule has 0 bridgehead atoms. The van der Waals surface area contributed by atoms with E-state index in [-0.39, 0.29) is 18.6 Å². The van der Waals surface area contributed by atoms with Gasteiger partial charge in [-0.1, -0.05) is 26.0 Å². The molecule has 3 nitrogen and oxygen atoms in total. The van der Waals surface area contributed by atoms with Gasteiger partial charge in [-0.2, -0.15) is 0 Å². The van der Waals surface area contributed by atoms with Gasteiger partial charge in [0, 0.05) is 6.04 Å². The summed E-state index contributed by atoms with van der Waals surface area (Å²) in [5.41, 5.74) is 1.34. The minimum atomic E-state index is -0.0475. The average Bonchev–Trinajstić information content (AvgIpc) is 2.59. The zero-order valence-corrected chi connectivity index (χ0v) is 16.6. The van der Waals surface area contributed by atoms with Crippen LogP contribution < -0.4 is 10.1 Å². The van der Waals surface area contributed by atoms with Crippen molar-refractivity contribution >= 4 is 29.4 Å². The third-order valence-electron chi connectivity index (χ3n) is 3.93. The average molecular weight is 368 g/mol. The van der Waals surface area contributed by atoms with E-state index in [4.69, 9.17) is 4.74 Å². The third kappa shape index (κ3) is 6.98. The number of nitrogens with one attached hydrogen (secondary N) is 1. The minimum absolute atomic E-state index is 0.0475. The topological polar surface area (TPSA) is 38.3 Å². The van der Waals surface area contributed by atoms with Gasteiger partial charge in [0.05, 0.1) is 4.58 Å². The summed E-state index contributed by atoms with van der Waals surface area (Å²) in [7, 11) is 0. The van der Waals surface area contributed by atoms with E-state index in [0.29, 0.717) is 10.5 Å². The van der Waals surface area contributed by atoms with Crippen LogP contribution in [0, 0.1) is 5.92 Å². The molecule has 2 rings (SSSR count). The molecule has 0 aromatic heterocycles. The van der Waals surface area contributed by atoms with Gasteiger partial charge in [-0.25, -0.2) is 0 Å². The second kappa shape index (κ2) is 10.2. The Morgan fingerprint density at radius 1 is 1.17 bits per heavy atom. The van der Waals surface area contributed by atoms with Crippen molar-refractivity contribution < 1.29 is 9.53 Å². The molecule has 1 atom stereocenters. The number of carbonyl (C=O) groups is 1. The Bertz CT molecular complexity index is 499. The maximum absolute atomic E-state index is 11.9. The fraction of sp³-hybridized carbons (Fsp3) is 0.632. The first-order valence-electron chi connectivity index (χ1n) is 8.80. The zero-order chi connectivity index (χ0) is 17.4. The Morgan fingerprint density at radius 2 is 1.83 bits per heavy atom. The van der Waals surface area contributed by atoms with E-state index in [1.807, 2.05) is 35.7 Å². The Balaban J connectivity index is 1.72. The molecule has 0 saturated carbocycles. The molecule has 1 heterocycles. The number of ether oxygens (including phenoxy) is 1. The van der Waals surface area contributed by atoms with Gasteiger partial charge in [0.2, 0.25) is 0 Å². The van der Waals surface area contributed by atoms with Crippen LogP contribution >= 0.6 is 23.5 Å². The Morgan fingerprint density at radius 3 is 2.46 bits per heavy atom. The van der Waals surface area contributed by atoms with Crippen molar-refractivity contribution in [3.8, 4) is 5.75 Å². The van der Waals surface area contributed by atoms with Crippen molar-refractivity contribution in [1.29, 1.82) is 0 Å². The van der Waals surface area contributed by atoms with E-state index in [9.17, 15) is 4.79 Å². The normalized spacial score (nSPS) is 16.8. The highest BCUT2D eigenvalue weighted by Gasteiger charge is 2.16. The minimum Gasteiger partial charge on any atom is -0.484 e. The van der Waals surface area contributed by atoms with Crippen LogP contribution in [0.5, 0.6) is 5.75 Å². The summed E-state index contributed by atoms with van der Waals surface area (Å²) in [5, 5.41) is 3.00. The van der Waals surface area contributed by atoms with Crippen LogP contribution in [0.25, 0.3) is 0 Å². The molecular formula is C19H29NO2S2. The highest BCUT2D eigenvalue weighted by Crippen LogP contribution is 2.43. The number of rotatable bonds is 8. The Kier molecular flexibility index (Phi) is 8.33. The van der Waals surface area contributed by atoms with E-state index in [2.05, 4.69) is 38.2 Å². The van der Waals surface area contributed by atoms with Crippen LogP contribution in [0.4, 0.5) is 0 Å². The molecule has 24 heavy (non-hydrogen) atoms.